The molecule has 7 nitrogen and oxygen atoms in total. The van der Waals surface area contributed by atoms with E-state index in [0.29, 0.717) is 11.8 Å². The predicted octanol–water partition coefficient (Wildman–Crippen LogP) is 2.20. The lowest BCUT2D eigenvalue weighted by Crippen LogP contribution is -2.56. The number of aliphatic hydroxyl groups excluding tert-OH is 4. The van der Waals surface area contributed by atoms with E-state index in [9.17, 15) is 29.9 Å². The van der Waals surface area contributed by atoms with Crippen LogP contribution in [0.3, 0.4) is 0 Å². The molecule has 172 valence electrons. The SMILES string of the molecule is OC[C@H]1O[C@@H](n2cc(Cc3ccc4cc(O)ccc4c3)c3cccc(F)c32)[C@H](O)[C@@H](O)[C@@H]1O. The third-order valence-electron chi connectivity index (χ3n) is 6.31. The van der Waals surface area contributed by atoms with Crippen molar-refractivity contribution in [3.05, 3.63) is 77.7 Å². The molecule has 33 heavy (non-hydrogen) atoms. The zero-order chi connectivity index (χ0) is 23.3. The van der Waals surface area contributed by atoms with Gasteiger partial charge in [0.25, 0.3) is 0 Å². The van der Waals surface area contributed by atoms with Crippen molar-refractivity contribution in [1.82, 2.24) is 4.57 Å². The molecule has 8 heteroatoms. The summed E-state index contributed by atoms with van der Waals surface area (Å²) in [6, 6.07) is 15.6. The molecule has 4 aromatic rings. The van der Waals surface area contributed by atoms with E-state index in [1.807, 2.05) is 24.3 Å². The molecule has 5 atom stereocenters. The molecule has 1 aromatic heterocycles. The van der Waals surface area contributed by atoms with Crippen molar-refractivity contribution in [2.24, 2.45) is 0 Å². The van der Waals surface area contributed by atoms with E-state index in [2.05, 4.69) is 0 Å². The highest BCUT2D eigenvalue weighted by atomic mass is 19.1. The van der Waals surface area contributed by atoms with Crippen LogP contribution in [0.25, 0.3) is 21.7 Å². The molecule has 1 aliphatic rings. The summed E-state index contributed by atoms with van der Waals surface area (Å²) in [5, 5.41) is 52.6. The average Bonchev–Trinajstić information content (AvgIpc) is 3.17. The van der Waals surface area contributed by atoms with Gasteiger partial charge in [0.1, 0.15) is 36.0 Å². The number of para-hydroxylation sites is 1. The first-order chi connectivity index (χ1) is 15.9. The summed E-state index contributed by atoms with van der Waals surface area (Å²) in [6.45, 7) is -0.567. The minimum Gasteiger partial charge on any atom is -0.508 e. The number of halogens is 1. The Kier molecular flexibility index (Phi) is 5.55. The van der Waals surface area contributed by atoms with Crippen molar-refractivity contribution in [1.29, 1.82) is 0 Å². The number of ether oxygens (including phenoxy) is 1. The predicted molar refractivity (Wildman–Crippen MR) is 119 cm³/mol. The Morgan fingerprint density at radius 2 is 1.67 bits per heavy atom. The lowest BCUT2D eigenvalue weighted by atomic mass is 9.98. The monoisotopic (exact) mass is 453 g/mol. The molecule has 5 N–H and O–H groups in total. The molecule has 1 saturated heterocycles. The summed E-state index contributed by atoms with van der Waals surface area (Å²) in [5.41, 5.74) is 1.94. The van der Waals surface area contributed by atoms with Gasteiger partial charge in [-0.25, -0.2) is 4.39 Å². The maximum atomic E-state index is 14.9. The number of rotatable bonds is 4. The van der Waals surface area contributed by atoms with Gasteiger partial charge in [-0.15, -0.1) is 0 Å². The van der Waals surface area contributed by atoms with Crippen LogP contribution >= 0.6 is 0 Å². The minimum atomic E-state index is -1.56. The van der Waals surface area contributed by atoms with Crippen LogP contribution in [0.4, 0.5) is 4.39 Å². The van der Waals surface area contributed by atoms with Gasteiger partial charge in [0.2, 0.25) is 0 Å². The van der Waals surface area contributed by atoms with Gasteiger partial charge < -0.3 is 34.8 Å². The highest BCUT2D eigenvalue weighted by molar-refractivity contribution is 5.86. The van der Waals surface area contributed by atoms with E-state index in [1.54, 1.807) is 30.5 Å². The number of aromatic hydroxyl groups is 1. The molecule has 3 aromatic carbocycles. The molecular weight excluding hydrogens is 429 g/mol. The van der Waals surface area contributed by atoms with Crippen LogP contribution in [-0.2, 0) is 11.2 Å². The van der Waals surface area contributed by atoms with Crippen LogP contribution in [0.1, 0.15) is 17.4 Å². The van der Waals surface area contributed by atoms with Crippen molar-refractivity contribution in [3.63, 3.8) is 0 Å². The third kappa shape index (κ3) is 3.76. The molecule has 0 spiro atoms. The van der Waals surface area contributed by atoms with Gasteiger partial charge in [-0.3, -0.25) is 0 Å². The second kappa shape index (κ2) is 8.40. The van der Waals surface area contributed by atoms with Crippen molar-refractivity contribution >= 4 is 21.7 Å². The van der Waals surface area contributed by atoms with Gasteiger partial charge >= 0.3 is 0 Å². The van der Waals surface area contributed by atoms with Crippen LogP contribution in [-0.4, -0.2) is 61.1 Å². The zero-order valence-electron chi connectivity index (χ0n) is 17.5. The molecule has 0 amide bonds. The highest BCUT2D eigenvalue weighted by Crippen LogP contribution is 2.35. The normalized spacial score (nSPS) is 25.7. The molecule has 1 fully saturated rings. The molecule has 0 radical (unpaired) electrons. The van der Waals surface area contributed by atoms with Gasteiger partial charge in [-0.1, -0.05) is 36.4 Å². The van der Waals surface area contributed by atoms with Crippen LogP contribution in [0.5, 0.6) is 5.75 Å². The Morgan fingerprint density at radius 1 is 0.909 bits per heavy atom. The fraction of sp³-hybridized carbons (Fsp3) is 0.280. The topological polar surface area (TPSA) is 115 Å². The first kappa shape index (κ1) is 21.8. The number of nitrogens with zero attached hydrogens (tertiary/aromatic N) is 1. The van der Waals surface area contributed by atoms with E-state index in [1.165, 1.54) is 10.6 Å². The van der Waals surface area contributed by atoms with E-state index in [0.717, 1.165) is 21.9 Å². The van der Waals surface area contributed by atoms with Crippen molar-refractivity contribution in [3.8, 4) is 5.75 Å². The summed E-state index contributed by atoms with van der Waals surface area (Å²) in [6.07, 6.45) is -4.76. The van der Waals surface area contributed by atoms with Gasteiger partial charge in [0.15, 0.2) is 6.23 Å². The number of aliphatic hydroxyl groups is 4. The number of phenolic OH excluding ortho intramolecular Hbond substituents is 1. The summed E-state index contributed by atoms with van der Waals surface area (Å²) in [4.78, 5) is 0. The molecule has 1 aliphatic heterocycles. The number of phenols is 1. The lowest BCUT2D eigenvalue weighted by molar-refractivity contribution is -0.250. The molecule has 5 rings (SSSR count). The maximum absolute atomic E-state index is 14.9. The fourth-order valence-corrected chi connectivity index (χ4v) is 4.60. The summed E-state index contributed by atoms with van der Waals surface area (Å²) in [5.74, 6) is -0.335. The first-order valence-corrected chi connectivity index (χ1v) is 10.7. The Morgan fingerprint density at radius 3 is 2.45 bits per heavy atom. The molecule has 0 unspecified atom stereocenters. The molecule has 0 saturated carbocycles. The average molecular weight is 453 g/mol. The third-order valence-corrected chi connectivity index (χ3v) is 6.31. The van der Waals surface area contributed by atoms with Gasteiger partial charge in [0.05, 0.1) is 12.1 Å². The van der Waals surface area contributed by atoms with Gasteiger partial charge in [0, 0.05) is 11.6 Å². The van der Waals surface area contributed by atoms with Crippen LogP contribution in [0.15, 0.2) is 60.8 Å². The Hall–Kier alpha value is -3.01. The molecule has 0 bridgehead atoms. The Balaban J connectivity index is 1.58. The highest BCUT2D eigenvalue weighted by Gasteiger charge is 2.44. The zero-order valence-corrected chi connectivity index (χ0v) is 17.5. The van der Waals surface area contributed by atoms with Crippen LogP contribution < -0.4 is 0 Å². The fourth-order valence-electron chi connectivity index (χ4n) is 4.60. The van der Waals surface area contributed by atoms with Crippen molar-refractivity contribution in [2.45, 2.75) is 37.1 Å². The van der Waals surface area contributed by atoms with E-state index in [4.69, 9.17) is 4.74 Å². The quantitative estimate of drug-likeness (QED) is 0.324. The Bertz CT molecular complexity index is 1320. The van der Waals surface area contributed by atoms with Crippen LogP contribution in [0.2, 0.25) is 0 Å². The largest absolute Gasteiger partial charge is 0.508 e. The number of hydrogen-bond acceptors (Lipinski definition) is 6. The van der Waals surface area contributed by atoms with Gasteiger partial charge in [-0.05, 0) is 46.5 Å². The number of benzene rings is 3. The second-order valence-corrected chi connectivity index (χ2v) is 8.46. The van der Waals surface area contributed by atoms with Crippen LogP contribution in [0, 0.1) is 5.82 Å². The maximum Gasteiger partial charge on any atom is 0.163 e. The molecular formula is C25H24FNO6. The van der Waals surface area contributed by atoms with E-state index >= 15 is 0 Å². The molecule has 2 heterocycles. The smallest absolute Gasteiger partial charge is 0.163 e. The van der Waals surface area contributed by atoms with Crippen molar-refractivity contribution < 1.29 is 34.7 Å². The van der Waals surface area contributed by atoms with Gasteiger partial charge in [-0.2, -0.15) is 0 Å². The second-order valence-electron chi connectivity index (χ2n) is 8.46. The standard InChI is InChI=1S/C25H24FNO6/c26-19-3-1-2-18-16(9-13-4-5-15-10-17(29)7-6-14(15)8-13)11-27(21(18)19)25-24(32)23(31)22(30)20(12-28)33-25/h1-8,10-11,20,22-25,28-32H,9,12H2/t20-,22-,23+,24-,25-/m1/s1. The minimum absolute atomic E-state index is 0.188. The van der Waals surface area contributed by atoms with E-state index in [-0.39, 0.29) is 11.3 Å². The van der Waals surface area contributed by atoms with Crippen molar-refractivity contribution in [2.75, 3.05) is 6.61 Å². The molecule has 0 aliphatic carbocycles. The summed E-state index contributed by atoms with van der Waals surface area (Å²) in [7, 11) is 0. The Labute approximate surface area is 188 Å². The van der Waals surface area contributed by atoms with E-state index < -0.39 is 43.1 Å². The lowest BCUT2D eigenvalue weighted by Gasteiger charge is -2.40. The first-order valence-electron chi connectivity index (χ1n) is 10.7. The summed E-state index contributed by atoms with van der Waals surface area (Å²) >= 11 is 0. The number of fused-ring (bicyclic) bond motifs is 2. The number of hydrogen-bond donors (Lipinski definition) is 5. The summed E-state index contributed by atoms with van der Waals surface area (Å²) < 4.78 is 22.0. The number of aromatic nitrogens is 1.